The number of pyridine rings is 1. The summed E-state index contributed by atoms with van der Waals surface area (Å²) < 4.78 is 25.9. The van der Waals surface area contributed by atoms with Crippen LogP contribution in [0.2, 0.25) is 0 Å². The lowest BCUT2D eigenvalue weighted by Gasteiger charge is -2.19. The Balaban J connectivity index is 1.15. The van der Waals surface area contributed by atoms with Gasteiger partial charge in [-0.2, -0.15) is 0 Å². The minimum absolute atomic E-state index is 0.421. The van der Waals surface area contributed by atoms with Gasteiger partial charge in [0.15, 0.2) is 20.8 Å². The molecular weight excluding hydrogens is 490 g/mol. The molecule has 2 aromatic heterocycles. The number of thioether (sulfide) groups is 1. The average molecular weight is 522 g/mol. The van der Waals surface area contributed by atoms with Crippen molar-refractivity contribution in [3.63, 3.8) is 0 Å². The van der Waals surface area contributed by atoms with Gasteiger partial charge < -0.3 is 9.47 Å². The standard InChI is InChI=1S/C27H31N5O2S2/c1-19-5-6-22-17-23(8-10-25(22)28-19)26-29-30-27(31(26)2)35-16-4-13-32-14-11-20-7-9-24(36(3,33)34)18-21(20)12-15-32/h5-10,17-18H,4,11-16H2,1-3H3. The van der Waals surface area contributed by atoms with E-state index in [9.17, 15) is 8.42 Å². The predicted octanol–water partition coefficient (Wildman–Crippen LogP) is 4.33. The fourth-order valence-electron chi connectivity index (χ4n) is 4.71. The third-order valence-corrected chi connectivity index (χ3v) is 8.99. The van der Waals surface area contributed by atoms with E-state index >= 15 is 0 Å². The van der Waals surface area contributed by atoms with Crippen LogP contribution in [0.25, 0.3) is 22.3 Å². The summed E-state index contributed by atoms with van der Waals surface area (Å²) in [6.07, 6.45) is 4.17. The van der Waals surface area contributed by atoms with Crippen molar-refractivity contribution in [2.24, 2.45) is 7.05 Å². The smallest absolute Gasteiger partial charge is 0.191 e. The van der Waals surface area contributed by atoms with Crippen molar-refractivity contribution in [3.05, 3.63) is 65.4 Å². The largest absolute Gasteiger partial charge is 0.305 e. The monoisotopic (exact) mass is 521 g/mol. The van der Waals surface area contributed by atoms with Gasteiger partial charge in [0.2, 0.25) is 0 Å². The number of benzene rings is 2. The van der Waals surface area contributed by atoms with Gasteiger partial charge in [0.05, 0.1) is 10.4 Å². The topological polar surface area (TPSA) is 81.0 Å². The van der Waals surface area contributed by atoms with Gasteiger partial charge in [-0.3, -0.25) is 4.98 Å². The maximum atomic E-state index is 11.9. The molecule has 0 aliphatic carbocycles. The summed E-state index contributed by atoms with van der Waals surface area (Å²) in [6, 6.07) is 15.9. The molecule has 188 valence electrons. The number of hydrogen-bond acceptors (Lipinski definition) is 7. The quantitative estimate of drug-likeness (QED) is 0.265. The van der Waals surface area contributed by atoms with Gasteiger partial charge in [0.1, 0.15) is 0 Å². The van der Waals surface area contributed by atoms with Gasteiger partial charge in [-0.05, 0) is 80.3 Å². The van der Waals surface area contributed by atoms with Crippen LogP contribution < -0.4 is 0 Å². The zero-order valence-corrected chi connectivity index (χ0v) is 22.6. The number of nitrogens with zero attached hydrogens (tertiary/aromatic N) is 5. The highest BCUT2D eigenvalue weighted by atomic mass is 32.2. The number of hydrogen-bond donors (Lipinski definition) is 0. The molecule has 0 saturated heterocycles. The van der Waals surface area contributed by atoms with Crippen molar-refractivity contribution in [1.82, 2.24) is 24.6 Å². The van der Waals surface area contributed by atoms with E-state index < -0.39 is 9.84 Å². The number of rotatable bonds is 7. The van der Waals surface area contributed by atoms with E-state index in [0.717, 1.165) is 77.8 Å². The first-order valence-corrected chi connectivity index (χ1v) is 15.1. The highest BCUT2D eigenvalue weighted by Crippen LogP contribution is 2.26. The van der Waals surface area contributed by atoms with E-state index in [0.29, 0.717) is 4.90 Å². The zero-order chi connectivity index (χ0) is 25.3. The lowest BCUT2D eigenvalue weighted by atomic mass is 10.0. The molecule has 0 radical (unpaired) electrons. The molecule has 0 atom stereocenters. The van der Waals surface area contributed by atoms with E-state index in [4.69, 9.17) is 0 Å². The van der Waals surface area contributed by atoms with Crippen molar-refractivity contribution in [2.45, 2.75) is 36.2 Å². The number of sulfone groups is 1. The molecule has 9 heteroatoms. The highest BCUT2D eigenvalue weighted by molar-refractivity contribution is 7.99. The molecule has 5 rings (SSSR count). The van der Waals surface area contributed by atoms with Crippen LogP contribution in [0.1, 0.15) is 23.2 Å². The summed E-state index contributed by atoms with van der Waals surface area (Å²) in [4.78, 5) is 7.48. The Morgan fingerprint density at radius 1 is 0.972 bits per heavy atom. The molecule has 7 nitrogen and oxygen atoms in total. The lowest BCUT2D eigenvalue weighted by molar-refractivity contribution is 0.289. The van der Waals surface area contributed by atoms with Crippen LogP contribution in [0.15, 0.2) is 58.6 Å². The highest BCUT2D eigenvalue weighted by Gasteiger charge is 2.17. The molecule has 1 aliphatic heterocycles. The fourth-order valence-corrected chi connectivity index (χ4v) is 6.22. The second-order valence-electron chi connectivity index (χ2n) is 9.47. The molecule has 0 spiro atoms. The summed E-state index contributed by atoms with van der Waals surface area (Å²) >= 11 is 1.74. The second-order valence-corrected chi connectivity index (χ2v) is 12.5. The van der Waals surface area contributed by atoms with Crippen LogP contribution >= 0.6 is 11.8 Å². The second kappa shape index (κ2) is 10.3. The fraction of sp³-hybridized carbons (Fsp3) is 0.370. The predicted molar refractivity (Wildman–Crippen MR) is 145 cm³/mol. The number of fused-ring (bicyclic) bond motifs is 2. The molecule has 36 heavy (non-hydrogen) atoms. The third-order valence-electron chi connectivity index (χ3n) is 6.77. The first-order valence-electron chi connectivity index (χ1n) is 12.2. The molecule has 0 amide bonds. The SMILES string of the molecule is Cc1ccc2cc(-c3nnc(SCCCN4CCc5ccc(S(C)(=O)=O)cc5CC4)n3C)ccc2n1. The van der Waals surface area contributed by atoms with E-state index in [1.807, 2.05) is 38.2 Å². The van der Waals surface area contributed by atoms with Crippen molar-refractivity contribution >= 4 is 32.5 Å². The summed E-state index contributed by atoms with van der Waals surface area (Å²) in [6.45, 7) is 4.97. The van der Waals surface area contributed by atoms with Gasteiger partial charge >= 0.3 is 0 Å². The van der Waals surface area contributed by atoms with Crippen LogP contribution in [0, 0.1) is 6.92 Å². The third kappa shape index (κ3) is 5.48. The summed E-state index contributed by atoms with van der Waals surface area (Å²) in [7, 11) is -1.15. The Morgan fingerprint density at radius 3 is 2.58 bits per heavy atom. The molecule has 0 unspecified atom stereocenters. The van der Waals surface area contributed by atoms with Gasteiger partial charge in [0.25, 0.3) is 0 Å². The Hall–Kier alpha value is -2.75. The molecule has 1 aliphatic rings. The number of aryl methyl sites for hydroxylation is 1. The van der Waals surface area contributed by atoms with Crippen molar-refractivity contribution in [1.29, 1.82) is 0 Å². The zero-order valence-electron chi connectivity index (χ0n) is 20.9. The summed E-state index contributed by atoms with van der Waals surface area (Å²) in [5, 5.41) is 10.9. The van der Waals surface area contributed by atoms with Gasteiger partial charge in [-0.15, -0.1) is 10.2 Å². The number of aromatic nitrogens is 4. The molecule has 2 aromatic carbocycles. The van der Waals surface area contributed by atoms with Gasteiger partial charge in [-0.1, -0.05) is 23.9 Å². The van der Waals surface area contributed by atoms with Crippen LogP contribution in [0.4, 0.5) is 0 Å². The van der Waals surface area contributed by atoms with E-state index in [1.165, 1.54) is 17.4 Å². The maximum Gasteiger partial charge on any atom is 0.191 e. The first-order chi connectivity index (χ1) is 17.3. The minimum Gasteiger partial charge on any atom is -0.305 e. The Bertz CT molecular complexity index is 1510. The average Bonchev–Trinajstić information content (AvgIpc) is 3.09. The van der Waals surface area contributed by atoms with Crippen LogP contribution in [0.5, 0.6) is 0 Å². The molecular formula is C27H31N5O2S2. The minimum atomic E-state index is -3.17. The van der Waals surface area contributed by atoms with Crippen molar-refractivity contribution < 1.29 is 8.42 Å². The van der Waals surface area contributed by atoms with E-state index in [1.54, 1.807) is 17.8 Å². The molecule has 0 fully saturated rings. The molecule has 0 N–H and O–H groups in total. The Morgan fingerprint density at radius 2 is 1.78 bits per heavy atom. The Kier molecular flexibility index (Phi) is 7.14. The van der Waals surface area contributed by atoms with E-state index in [-0.39, 0.29) is 0 Å². The first kappa shape index (κ1) is 24.9. The summed E-state index contributed by atoms with van der Waals surface area (Å²) in [5.74, 6) is 1.83. The normalized spacial score (nSPS) is 14.6. The summed E-state index contributed by atoms with van der Waals surface area (Å²) in [5.41, 5.74) is 5.48. The van der Waals surface area contributed by atoms with Crippen molar-refractivity contribution in [3.8, 4) is 11.4 Å². The van der Waals surface area contributed by atoms with Crippen LogP contribution in [-0.2, 0) is 29.7 Å². The van der Waals surface area contributed by atoms with Crippen LogP contribution in [-0.4, -0.2) is 64.7 Å². The molecule has 4 aromatic rings. The van der Waals surface area contributed by atoms with Crippen LogP contribution in [0.3, 0.4) is 0 Å². The maximum absolute atomic E-state index is 11.9. The Labute approximate surface area is 216 Å². The molecule has 0 saturated carbocycles. The van der Waals surface area contributed by atoms with Crippen molar-refractivity contribution in [2.75, 3.05) is 31.6 Å². The molecule has 0 bridgehead atoms. The van der Waals surface area contributed by atoms with Gasteiger partial charge in [-0.25, -0.2) is 8.42 Å². The van der Waals surface area contributed by atoms with Gasteiger partial charge in [0, 0.05) is 48.8 Å². The lowest BCUT2D eigenvalue weighted by Crippen LogP contribution is -2.27. The van der Waals surface area contributed by atoms with E-state index in [2.05, 4.69) is 42.8 Å². The molecule has 3 heterocycles.